The molecule has 0 heterocycles. The fourth-order valence-corrected chi connectivity index (χ4v) is 2.04. The van der Waals surface area contributed by atoms with Gasteiger partial charge in [-0.15, -0.1) is 0 Å². The first-order chi connectivity index (χ1) is 12.0. The third-order valence-electron chi connectivity index (χ3n) is 3.43. The van der Waals surface area contributed by atoms with E-state index in [2.05, 4.69) is 10.9 Å². The van der Waals surface area contributed by atoms with Crippen molar-refractivity contribution >= 4 is 11.8 Å². The van der Waals surface area contributed by atoms with Gasteiger partial charge in [-0.05, 0) is 49.2 Å². The maximum atomic E-state index is 12.8. The highest BCUT2D eigenvalue weighted by molar-refractivity contribution is 5.84. The number of phenolic OH excluding ortho intramolecular Hbond substituents is 1. The van der Waals surface area contributed by atoms with Crippen molar-refractivity contribution in [2.45, 2.75) is 25.9 Å². The predicted octanol–water partition coefficient (Wildman–Crippen LogP) is 2.08. The highest BCUT2D eigenvalue weighted by Gasteiger charge is 2.15. The first-order valence-corrected chi connectivity index (χ1v) is 7.73. The second-order valence-electron chi connectivity index (χ2n) is 5.38. The van der Waals surface area contributed by atoms with Crippen molar-refractivity contribution in [3.8, 4) is 11.5 Å². The number of carbonyl (C=O) groups is 2. The summed E-state index contributed by atoms with van der Waals surface area (Å²) in [5, 5.41) is 9.63. The number of nitrogens with one attached hydrogen (secondary N) is 2. The molecule has 0 spiro atoms. The molecule has 7 heteroatoms. The summed E-state index contributed by atoms with van der Waals surface area (Å²) in [6, 6.07) is 12.0. The summed E-state index contributed by atoms with van der Waals surface area (Å²) in [5.74, 6) is -0.873. The molecule has 0 saturated carbocycles. The van der Waals surface area contributed by atoms with Crippen LogP contribution >= 0.6 is 0 Å². The molecular formula is C18H19FN2O4. The number of hydrogen-bond donors (Lipinski definition) is 3. The maximum absolute atomic E-state index is 12.8. The number of aryl methyl sites for hydroxylation is 1. The van der Waals surface area contributed by atoms with E-state index in [0.717, 1.165) is 0 Å². The van der Waals surface area contributed by atoms with Crippen LogP contribution in [0, 0.1) is 5.82 Å². The van der Waals surface area contributed by atoms with Gasteiger partial charge in [-0.3, -0.25) is 20.4 Å². The van der Waals surface area contributed by atoms with E-state index in [1.54, 1.807) is 24.3 Å². The van der Waals surface area contributed by atoms with Gasteiger partial charge < -0.3 is 9.84 Å². The second kappa shape index (κ2) is 8.68. The van der Waals surface area contributed by atoms with Gasteiger partial charge in [-0.1, -0.05) is 18.2 Å². The number of aromatic hydroxyl groups is 1. The van der Waals surface area contributed by atoms with Crippen LogP contribution < -0.4 is 15.6 Å². The zero-order valence-corrected chi connectivity index (χ0v) is 13.7. The molecule has 0 aliphatic heterocycles. The fourth-order valence-electron chi connectivity index (χ4n) is 2.04. The standard InChI is InChI=1S/C18H19FN2O4/c1-12(25-15-9-7-14(19)8-10-15)18(24)21-20-17(23)11-6-13-4-2-3-5-16(13)22/h2-5,7-10,12,22H,6,11H2,1H3,(H,20,23)(H,21,24). The molecule has 0 saturated heterocycles. The number of ether oxygens (including phenoxy) is 1. The van der Waals surface area contributed by atoms with Crippen molar-refractivity contribution in [3.63, 3.8) is 0 Å². The van der Waals surface area contributed by atoms with Gasteiger partial charge in [0.2, 0.25) is 5.91 Å². The lowest BCUT2D eigenvalue weighted by Crippen LogP contribution is -2.47. The minimum Gasteiger partial charge on any atom is -0.508 e. The van der Waals surface area contributed by atoms with Crippen molar-refractivity contribution in [2.24, 2.45) is 0 Å². The molecule has 2 amide bonds. The summed E-state index contributed by atoms with van der Waals surface area (Å²) in [6.45, 7) is 1.51. The van der Waals surface area contributed by atoms with Gasteiger partial charge in [-0.2, -0.15) is 0 Å². The minimum absolute atomic E-state index is 0.102. The summed E-state index contributed by atoms with van der Waals surface area (Å²) >= 11 is 0. The van der Waals surface area contributed by atoms with Crippen LogP contribution in [0.1, 0.15) is 18.9 Å². The molecular weight excluding hydrogens is 327 g/mol. The minimum atomic E-state index is -0.871. The molecule has 2 rings (SSSR count). The van der Waals surface area contributed by atoms with Crippen LogP contribution in [-0.2, 0) is 16.0 Å². The SMILES string of the molecule is CC(Oc1ccc(F)cc1)C(=O)NNC(=O)CCc1ccccc1O. The summed E-state index contributed by atoms with van der Waals surface area (Å²) in [4.78, 5) is 23.6. The summed E-state index contributed by atoms with van der Waals surface area (Å²) < 4.78 is 18.2. The number of phenols is 1. The molecule has 2 aromatic rings. The molecule has 25 heavy (non-hydrogen) atoms. The van der Waals surface area contributed by atoms with E-state index < -0.39 is 23.7 Å². The number of para-hydroxylation sites is 1. The van der Waals surface area contributed by atoms with Gasteiger partial charge in [0.1, 0.15) is 17.3 Å². The van der Waals surface area contributed by atoms with Gasteiger partial charge in [0.05, 0.1) is 0 Å². The lowest BCUT2D eigenvalue weighted by Gasteiger charge is -2.15. The van der Waals surface area contributed by atoms with Crippen molar-refractivity contribution in [1.29, 1.82) is 0 Å². The van der Waals surface area contributed by atoms with Crippen molar-refractivity contribution in [1.82, 2.24) is 10.9 Å². The molecule has 1 atom stereocenters. The van der Waals surface area contributed by atoms with Crippen molar-refractivity contribution in [2.75, 3.05) is 0 Å². The van der Waals surface area contributed by atoms with Crippen LogP contribution in [0.25, 0.3) is 0 Å². The maximum Gasteiger partial charge on any atom is 0.279 e. The third kappa shape index (κ3) is 5.80. The predicted molar refractivity (Wildman–Crippen MR) is 89.2 cm³/mol. The Morgan fingerprint density at radius 3 is 2.48 bits per heavy atom. The topological polar surface area (TPSA) is 87.7 Å². The Labute approximate surface area is 144 Å². The molecule has 0 radical (unpaired) electrons. The fraction of sp³-hybridized carbons (Fsp3) is 0.222. The normalized spacial score (nSPS) is 11.4. The van der Waals surface area contributed by atoms with Crippen LogP contribution in [0.5, 0.6) is 11.5 Å². The zero-order chi connectivity index (χ0) is 18.2. The highest BCUT2D eigenvalue weighted by atomic mass is 19.1. The van der Waals surface area contributed by atoms with E-state index in [1.165, 1.54) is 31.2 Å². The van der Waals surface area contributed by atoms with Gasteiger partial charge in [0, 0.05) is 6.42 Å². The Bertz CT molecular complexity index is 734. The van der Waals surface area contributed by atoms with Crippen LogP contribution in [0.15, 0.2) is 48.5 Å². The molecule has 0 aliphatic rings. The molecule has 6 nitrogen and oxygen atoms in total. The molecule has 0 aromatic heterocycles. The van der Waals surface area contributed by atoms with E-state index in [0.29, 0.717) is 17.7 Å². The lowest BCUT2D eigenvalue weighted by atomic mass is 10.1. The average Bonchev–Trinajstić information content (AvgIpc) is 2.60. The van der Waals surface area contributed by atoms with E-state index >= 15 is 0 Å². The number of amides is 2. The number of benzene rings is 2. The highest BCUT2D eigenvalue weighted by Crippen LogP contribution is 2.17. The Morgan fingerprint density at radius 2 is 1.80 bits per heavy atom. The van der Waals surface area contributed by atoms with E-state index in [-0.39, 0.29) is 12.2 Å². The van der Waals surface area contributed by atoms with Crippen LogP contribution in [0.3, 0.4) is 0 Å². The Morgan fingerprint density at radius 1 is 1.12 bits per heavy atom. The first-order valence-electron chi connectivity index (χ1n) is 7.73. The lowest BCUT2D eigenvalue weighted by molar-refractivity contribution is -0.132. The van der Waals surface area contributed by atoms with Crippen LogP contribution in [0.2, 0.25) is 0 Å². The number of halogens is 1. The van der Waals surface area contributed by atoms with Gasteiger partial charge in [-0.25, -0.2) is 4.39 Å². The van der Waals surface area contributed by atoms with Crippen LogP contribution in [-0.4, -0.2) is 23.0 Å². The number of carbonyl (C=O) groups excluding carboxylic acids is 2. The number of rotatable bonds is 6. The summed E-state index contributed by atoms with van der Waals surface area (Å²) in [7, 11) is 0. The smallest absolute Gasteiger partial charge is 0.279 e. The Balaban J connectivity index is 1.74. The van der Waals surface area contributed by atoms with Crippen molar-refractivity contribution in [3.05, 3.63) is 59.9 Å². The Kier molecular flexibility index (Phi) is 6.33. The molecule has 1 unspecified atom stereocenters. The largest absolute Gasteiger partial charge is 0.508 e. The molecule has 0 bridgehead atoms. The van der Waals surface area contributed by atoms with Gasteiger partial charge in [0.25, 0.3) is 5.91 Å². The third-order valence-corrected chi connectivity index (χ3v) is 3.43. The van der Waals surface area contributed by atoms with Crippen molar-refractivity contribution < 1.29 is 23.8 Å². The Hall–Kier alpha value is -3.09. The molecule has 3 N–H and O–H groups in total. The molecule has 0 aliphatic carbocycles. The zero-order valence-electron chi connectivity index (χ0n) is 13.7. The van der Waals surface area contributed by atoms with E-state index in [4.69, 9.17) is 4.74 Å². The molecule has 2 aromatic carbocycles. The summed E-state index contributed by atoms with van der Waals surface area (Å²) in [5.41, 5.74) is 5.20. The van der Waals surface area contributed by atoms with E-state index in [1.807, 2.05) is 0 Å². The van der Waals surface area contributed by atoms with Gasteiger partial charge >= 0.3 is 0 Å². The number of hydrogen-bond acceptors (Lipinski definition) is 4. The van der Waals surface area contributed by atoms with Crippen LogP contribution in [0.4, 0.5) is 4.39 Å². The second-order valence-corrected chi connectivity index (χ2v) is 5.38. The monoisotopic (exact) mass is 346 g/mol. The number of hydrazine groups is 1. The molecule has 0 fully saturated rings. The molecule has 132 valence electrons. The summed E-state index contributed by atoms with van der Waals surface area (Å²) in [6.07, 6.45) is -0.426. The quantitative estimate of drug-likeness (QED) is 0.699. The average molecular weight is 346 g/mol. The first kappa shape index (κ1) is 18.3. The van der Waals surface area contributed by atoms with E-state index in [9.17, 15) is 19.1 Å². The van der Waals surface area contributed by atoms with Gasteiger partial charge in [0.15, 0.2) is 6.10 Å².